The highest BCUT2D eigenvalue weighted by molar-refractivity contribution is 9.10. The molecule has 0 aliphatic heterocycles. The van der Waals surface area contributed by atoms with Crippen molar-refractivity contribution < 1.29 is 13.5 Å². The zero-order valence-corrected chi connectivity index (χ0v) is 22.6. The first-order valence-electron chi connectivity index (χ1n) is 10.3. The van der Waals surface area contributed by atoms with Gasteiger partial charge in [0.1, 0.15) is 23.8 Å². The van der Waals surface area contributed by atoms with Gasteiger partial charge in [-0.1, -0.05) is 91.5 Å². The highest BCUT2D eigenvalue weighted by Crippen LogP contribution is 2.44. The van der Waals surface area contributed by atoms with Crippen LogP contribution in [0.1, 0.15) is 34.5 Å². The van der Waals surface area contributed by atoms with Gasteiger partial charge in [0.05, 0.1) is 21.4 Å². The van der Waals surface area contributed by atoms with Gasteiger partial charge in [0, 0.05) is 31.2 Å². The first-order chi connectivity index (χ1) is 16.7. The van der Waals surface area contributed by atoms with Crippen LogP contribution in [-0.2, 0) is 4.74 Å². The Labute approximate surface area is 228 Å². The Kier molecular flexibility index (Phi) is 8.03. The van der Waals surface area contributed by atoms with Gasteiger partial charge < -0.3 is 16.2 Å². The molecular weight excluding hydrogens is 625 g/mol. The van der Waals surface area contributed by atoms with Crippen molar-refractivity contribution in [2.45, 2.75) is 12.2 Å². The van der Waals surface area contributed by atoms with Gasteiger partial charge in [-0.15, -0.1) is 0 Å². The number of hydrogen-bond donors (Lipinski definition) is 2. The summed E-state index contributed by atoms with van der Waals surface area (Å²) in [6, 6.07) is 18.8. The third-order valence-corrected chi connectivity index (χ3v) is 7.47. The molecule has 35 heavy (non-hydrogen) atoms. The van der Waals surface area contributed by atoms with E-state index in [4.69, 9.17) is 39.4 Å². The minimum absolute atomic E-state index is 0.231. The smallest absolute Gasteiger partial charge is 0.129 e. The van der Waals surface area contributed by atoms with E-state index >= 15 is 8.78 Å². The van der Waals surface area contributed by atoms with E-state index < -0.39 is 23.8 Å². The van der Waals surface area contributed by atoms with Crippen molar-refractivity contribution in [3.8, 4) is 0 Å². The number of halogens is 6. The van der Waals surface area contributed by atoms with Crippen molar-refractivity contribution in [3.63, 3.8) is 0 Å². The first kappa shape index (κ1) is 25.9. The maximum absolute atomic E-state index is 15.1. The van der Waals surface area contributed by atoms with E-state index in [9.17, 15) is 0 Å². The number of anilines is 2. The van der Waals surface area contributed by atoms with Crippen molar-refractivity contribution in [2.24, 2.45) is 0 Å². The lowest BCUT2D eigenvalue weighted by Crippen LogP contribution is -2.17. The van der Waals surface area contributed by atoms with E-state index in [0.29, 0.717) is 30.1 Å². The molecular formula is C26H18Br2Cl2F2N2O. The zero-order chi connectivity index (χ0) is 25.3. The van der Waals surface area contributed by atoms with Crippen molar-refractivity contribution >= 4 is 66.4 Å². The molecule has 9 heteroatoms. The number of nitrogen functional groups attached to an aromatic ring is 2. The first-order valence-corrected chi connectivity index (χ1v) is 12.6. The van der Waals surface area contributed by atoms with Gasteiger partial charge in [0.25, 0.3) is 0 Å². The SMILES string of the molecule is Nc1cc(C(OC(c2ccccc2F)c2cc(N)c(Cl)cc2Br)c2ccccc2F)c(Br)cc1Cl. The summed E-state index contributed by atoms with van der Waals surface area (Å²) in [6.45, 7) is 0. The molecule has 0 amide bonds. The van der Waals surface area contributed by atoms with Crippen molar-refractivity contribution in [1.82, 2.24) is 0 Å². The minimum atomic E-state index is -1.00. The second-order valence-corrected chi connectivity index (χ2v) is 10.3. The Bertz CT molecular complexity index is 1300. The summed E-state index contributed by atoms with van der Waals surface area (Å²) in [5.74, 6) is -1.00. The quantitative estimate of drug-likeness (QED) is 0.207. The summed E-state index contributed by atoms with van der Waals surface area (Å²) in [6.07, 6.45) is -2.00. The maximum atomic E-state index is 15.1. The van der Waals surface area contributed by atoms with Crippen molar-refractivity contribution in [1.29, 1.82) is 0 Å². The molecule has 0 heterocycles. The molecule has 0 aromatic heterocycles. The summed E-state index contributed by atoms with van der Waals surface area (Å²) in [7, 11) is 0. The third kappa shape index (κ3) is 5.49. The Hall–Kier alpha value is -2.16. The maximum Gasteiger partial charge on any atom is 0.129 e. The van der Waals surface area contributed by atoms with Crippen molar-refractivity contribution in [3.05, 3.63) is 126 Å². The van der Waals surface area contributed by atoms with E-state index in [0.717, 1.165) is 0 Å². The standard InChI is InChI=1S/C26H18Br2Cl2F2N2O/c27-17-11-19(29)23(33)9-15(17)25(13-5-1-3-7-21(13)31)35-26(14-6-2-4-8-22(14)32)16-10-24(34)20(30)12-18(16)28/h1-12,25-26H,33-34H2. The molecule has 0 fully saturated rings. The number of ether oxygens (including phenoxy) is 1. The van der Waals surface area contributed by atoms with E-state index in [1.807, 2.05) is 0 Å². The van der Waals surface area contributed by atoms with Crippen molar-refractivity contribution in [2.75, 3.05) is 11.5 Å². The van der Waals surface area contributed by atoms with Crippen LogP contribution < -0.4 is 11.5 Å². The van der Waals surface area contributed by atoms with Gasteiger partial charge in [-0.25, -0.2) is 8.78 Å². The predicted molar refractivity (Wildman–Crippen MR) is 145 cm³/mol. The second kappa shape index (κ2) is 10.8. The molecule has 180 valence electrons. The Morgan fingerprint density at radius 2 is 1.00 bits per heavy atom. The molecule has 4 aromatic carbocycles. The molecule has 0 radical (unpaired) electrons. The molecule has 0 bridgehead atoms. The highest BCUT2D eigenvalue weighted by Gasteiger charge is 2.30. The highest BCUT2D eigenvalue weighted by atomic mass is 79.9. The number of hydrogen-bond acceptors (Lipinski definition) is 3. The molecule has 0 spiro atoms. The van der Waals surface area contributed by atoms with Crippen LogP contribution in [0.5, 0.6) is 0 Å². The molecule has 0 aliphatic carbocycles. The average Bonchev–Trinajstić information content (AvgIpc) is 2.81. The summed E-state index contributed by atoms with van der Waals surface area (Å²) in [5, 5.41) is 0.651. The van der Waals surface area contributed by atoms with Crippen LogP contribution >= 0.6 is 55.1 Å². The molecule has 0 saturated carbocycles. The molecule has 4 N–H and O–H groups in total. The lowest BCUT2D eigenvalue weighted by Gasteiger charge is -2.29. The van der Waals surface area contributed by atoms with Crippen LogP contribution in [0.4, 0.5) is 20.2 Å². The Balaban J connectivity index is 1.95. The fourth-order valence-electron chi connectivity index (χ4n) is 3.71. The van der Waals surface area contributed by atoms with Crippen LogP contribution in [0, 0.1) is 11.6 Å². The van der Waals surface area contributed by atoms with E-state index in [2.05, 4.69) is 31.9 Å². The van der Waals surface area contributed by atoms with Gasteiger partial charge in [-0.2, -0.15) is 0 Å². The van der Waals surface area contributed by atoms with E-state index in [1.54, 1.807) is 60.7 Å². The molecule has 4 rings (SSSR count). The van der Waals surface area contributed by atoms with Gasteiger partial charge in [0.2, 0.25) is 0 Å². The third-order valence-electron chi connectivity index (χ3n) is 5.44. The molecule has 3 nitrogen and oxygen atoms in total. The number of rotatable bonds is 6. The average molecular weight is 643 g/mol. The fourth-order valence-corrected chi connectivity index (χ4v) is 5.40. The fraction of sp³-hybridized carbons (Fsp3) is 0.0769. The van der Waals surface area contributed by atoms with Gasteiger partial charge in [-0.3, -0.25) is 0 Å². The summed E-state index contributed by atoms with van der Waals surface area (Å²) in [4.78, 5) is 0. The van der Waals surface area contributed by atoms with Crippen LogP contribution in [0.25, 0.3) is 0 Å². The summed E-state index contributed by atoms with van der Waals surface area (Å²) < 4.78 is 37.9. The molecule has 4 aromatic rings. The predicted octanol–water partition coefficient (Wildman–Crippen LogP) is 8.86. The molecule has 2 unspecified atom stereocenters. The summed E-state index contributed by atoms with van der Waals surface area (Å²) in [5.41, 5.74) is 14.2. The zero-order valence-electron chi connectivity index (χ0n) is 17.9. The number of nitrogens with two attached hydrogens (primary N) is 2. The van der Waals surface area contributed by atoms with E-state index in [-0.39, 0.29) is 22.5 Å². The lowest BCUT2D eigenvalue weighted by molar-refractivity contribution is 0.0264. The molecule has 0 aliphatic rings. The van der Waals surface area contributed by atoms with Gasteiger partial charge in [0.15, 0.2) is 0 Å². The van der Waals surface area contributed by atoms with Crippen LogP contribution in [-0.4, -0.2) is 0 Å². The lowest BCUT2D eigenvalue weighted by atomic mass is 9.96. The summed E-state index contributed by atoms with van der Waals surface area (Å²) >= 11 is 19.4. The molecule has 0 saturated heterocycles. The topological polar surface area (TPSA) is 61.3 Å². The Morgan fingerprint density at radius 3 is 1.37 bits per heavy atom. The van der Waals surface area contributed by atoms with E-state index in [1.165, 1.54) is 12.1 Å². The Morgan fingerprint density at radius 1 is 0.629 bits per heavy atom. The van der Waals surface area contributed by atoms with Crippen LogP contribution in [0.2, 0.25) is 10.0 Å². The minimum Gasteiger partial charge on any atom is -0.398 e. The van der Waals surface area contributed by atoms with Crippen LogP contribution in [0.15, 0.2) is 81.7 Å². The largest absolute Gasteiger partial charge is 0.398 e. The van der Waals surface area contributed by atoms with Gasteiger partial charge >= 0.3 is 0 Å². The normalized spacial score (nSPS) is 13.0. The van der Waals surface area contributed by atoms with Crippen LogP contribution in [0.3, 0.4) is 0 Å². The monoisotopic (exact) mass is 640 g/mol. The van der Waals surface area contributed by atoms with Gasteiger partial charge in [-0.05, 0) is 36.4 Å². The second-order valence-electron chi connectivity index (χ2n) is 7.73. The number of benzene rings is 4. The molecule has 2 atom stereocenters.